The average molecular weight is 279 g/mol. The standard InChI is InChI=1S/C20H25N/c1-3-16(2)20(21)15-14-19(17-10-6-4-7-11-17)18-12-8-5-9-13-18/h3-13,16,19-20H,1,14-15,21H2,2H3/t16-,20+/m0/s1. The van der Waals surface area contributed by atoms with Gasteiger partial charge in [0.15, 0.2) is 0 Å². The van der Waals surface area contributed by atoms with Crippen molar-refractivity contribution in [1.29, 1.82) is 0 Å². The van der Waals surface area contributed by atoms with Gasteiger partial charge < -0.3 is 5.73 Å². The molecule has 2 rings (SSSR count). The summed E-state index contributed by atoms with van der Waals surface area (Å²) in [5, 5.41) is 0. The molecule has 2 aromatic rings. The Labute approximate surface area is 128 Å². The Hall–Kier alpha value is -1.86. The van der Waals surface area contributed by atoms with Crippen LogP contribution in [0.2, 0.25) is 0 Å². The van der Waals surface area contributed by atoms with E-state index in [0.717, 1.165) is 12.8 Å². The third kappa shape index (κ3) is 4.30. The van der Waals surface area contributed by atoms with Gasteiger partial charge in [0.05, 0.1) is 0 Å². The maximum Gasteiger partial charge on any atom is 0.00995 e. The van der Waals surface area contributed by atoms with Gasteiger partial charge in [-0.05, 0) is 29.9 Å². The summed E-state index contributed by atoms with van der Waals surface area (Å²) in [5.41, 5.74) is 8.99. The topological polar surface area (TPSA) is 26.0 Å². The summed E-state index contributed by atoms with van der Waals surface area (Å²) in [7, 11) is 0. The van der Waals surface area contributed by atoms with Gasteiger partial charge in [-0.1, -0.05) is 73.7 Å². The first kappa shape index (κ1) is 15.5. The Kier molecular flexibility index (Phi) is 5.77. The highest BCUT2D eigenvalue weighted by Gasteiger charge is 2.17. The fraction of sp³-hybridized carbons (Fsp3) is 0.300. The fourth-order valence-electron chi connectivity index (χ4n) is 2.69. The molecule has 0 aliphatic rings. The van der Waals surface area contributed by atoms with Gasteiger partial charge in [-0.15, -0.1) is 6.58 Å². The Balaban J connectivity index is 2.16. The molecule has 0 heterocycles. The highest BCUT2D eigenvalue weighted by atomic mass is 14.6. The van der Waals surface area contributed by atoms with Gasteiger partial charge in [0, 0.05) is 12.0 Å². The zero-order chi connectivity index (χ0) is 15.1. The third-order valence-corrected chi connectivity index (χ3v) is 4.24. The molecule has 0 aliphatic carbocycles. The molecule has 0 fully saturated rings. The monoisotopic (exact) mass is 279 g/mol. The molecule has 21 heavy (non-hydrogen) atoms. The summed E-state index contributed by atoms with van der Waals surface area (Å²) in [6, 6.07) is 21.6. The largest absolute Gasteiger partial charge is 0.327 e. The quantitative estimate of drug-likeness (QED) is 0.727. The highest BCUT2D eigenvalue weighted by molar-refractivity contribution is 5.32. The highest BCUT2D eigenvalue weighted by Crippen LogP contribution is 2.30. The van der Waals surface area contributed by atoms with Crippen molar-refractivity contribution in [1.82, 2.24) is 0 Å². The molecule has 0 aliphatic heterocycles. The molecular formula is C20H25N. The van der Waals surface area contributed by atoms with Crippen LogP contribution in [0.1, 0.15) is 36.8 Å². The molecule has 0 bridgehead atoms. The van der Waals surface area contributed by atoms with Crippen LogP contribution in [-0.4, -0.2) is 6.04 Å². The first-order valence-electron chi connectivity index (χ1n) is 7.70. The van der Waals surface area contributed by atoms with Gasteiger partial charge in [0.2, 0.25) is 0 Å². The van der Waals surface area contributed by atoms with Gasteiger partial charge in [-0.2, -0.15) is 0 Å². The number of hydrogen-bond donors (Lipinski definition) is 1. The number of hydrogen-bond acceptors (Lipinski definition) is 1. The molecule has 0 saturated heterocycles. The fourth-order valence-corrected chi connectivity index (χ4v) is 2.69. The first-order chi connectivity index (χ1) is 10.2. The van der Waals surface area contributed by atoms with Crippen molar-refractivity contribution in [2.75, 3.05) is 0 Å². The Morgan fingerprint density at radius 1 is 0.905 bits per heavy atom. The summed E-state index contributed by atoms with van der Waals surface area (Å²) >= 11 is 0. The van der Waals surface area contributed by atoms with Crippen LogP contribution in [0.25, 0.3) is 0 Å². The van der Waals surface area contributed by atoms with E-state index in [1.54, 1.807) is 0 Å². The predicted molar refractivity (Wildman–Crippen MR) is 91.3 cm³/mol. The molecule has 0 aromatic heterocycles. The zero-order valence-corrected chi connectivity index (χ0v) is 12.8. The second-order valence-corrected chi connectivity index (χ2v) is 5.71. The molecule has 0 spiro atoms. The van der Waals surface area contributed by atoms with E-state index in [9.17, 15) is 0 Å². The minimum atomic E-state index is 0.178. The van der Waals surface area contributed by atoms with Gasteiger partial charge in [-0.3, -0.25) is 0 Å². The van der Waals surface area contributed by atoms with Crippen molar-refractivity contribution in [3.8, 4) is 0 Å². The number of benzene rings is 2. The Morgan fingerprint density at radius 2 is 1.38 bits per heavy atom. The molecule has 2 atom stereocenters. The Morgan fingerprint density at radius 3 is 1.81 bits per heavy atom. The number of rotatable bonds is 7. The molecule has 0 saturated carbocycles. The molecule has 0 radical (unpaired) electrons. The van der Waals surface area contributed by atoms with E-state index in [2.05, 4.69) is 74.2 Å². The van der Waals surface area contributed by atoms with E-state index < -0.39 is 0 Å². The predicted octanol–water partition coefficient (Wildman–Crippen LogP) is 4.75. The van der Waals surface area contributed by atoms with Crippen LogP contribution < -0.4 is 5.73 Å². The third-order valence-electron chi connectivity index (χ3n) is 4.24. The lowest BCUT2D eigenvalue weighted by Crippen LogP contribution is -2.27. The lowest BCUT2D eigenvalue weighted by molar-refractivity contribution is 0.474. The minimum absolute atomic E-state index is 0.178. The summed E-state index contributed by atoms with van der Waals surface area (Å²) in [5.74, 6) is 0.771. The molecular weight excluding hydrogens is 254 g/mol. The van der Waals surface area contributed by atoms with E-state index in [1.165, 1.54) is 11.1 Å². The lowest BCUT2D eigenvalue weighted by Gasteiger charge is -2.22. The van der Waals surface area contributed by atoms with E-state index in [1.807, 2.05) is 6.08 Å². The summed E-state index contributed by atoms with van der Waals surface area (Å²) in [4.78, 5) is 0. The summed E-state index contributed by atoms with van der Waals surface area (Å²) in [6.45, 7) is 5.98. The van der Waals surface area contributed by atoms with Crippen LogP contribution >= 0.6 is 0 Å². The maximum absolute atomic E-state index is 6.26. The van der Waals surface area contributed by atoms with Crippen LogP contribution in [0.4, 0.5) is 0 Å². The van der Waals surface area contributed by atoms with Crippen LogP contribution in [0.5, 0.6) is 0 Å². The molecule has 110 valence electrons. The summed E-state index contributed by atoms with van der Waals surface area (Å²) in [6.07, 6.45) is 4.01. The van der Waals surface area contributed by atoms with Crippen LogP contribution in [0, 0.1) is 5.92 Å². The first-order valence-corrected chi connectivity index (χ1v) is 7.70. The minimum Gasteiger partial charge on any atom is -0.327 e. The van der Waals surface area contributed by atoms with E-state index in [-0.39, 0.29) is 6.04 Å². The van der Waals surface area contributed by atoms with Crippen molar-refractivity contribution in [2.24, 2.45) is 11.7 Å². The average Bonchev–Trinajstić information content (AvgIpc) is 2.56. The Bertz CT molecular complexity index is 493. The normalized spacial score (nSPS) is 13.9. The van der Waals surface area contributed by atoms with Crippen molar-refractivity contribution in [3.05, 3.63) is 84.4 Å². The van der Waals surface area contributed by atoms with Crippen molar-refractivity contribution in [2.45, 2.75) is 31.7 Å². The van der Waals surface area contributed by atoms with Crippen LogP contribution in [0.3, 0.4) is 0 Å². The van der Waals surface area contributed by atoms with Crippen molar-refractivity contribution < 1.29 is 0 Å². The molecule has 2 aromatic carbocycles. The van der Waals surface area contributed by atoms with E-state index in [0.29, 0.717) is 11.8 Å². The smallest absolute Gasteiger partial charge is 0.00995 e. The molecule has 1 heteroatoms. The lowest BCUT2D eigenvalue weighted by atomic mass is 9.85. The van der Waals surface area contributed by atoms with Gasteiger partial charge >= 0.3 is 0 Å². The van der Waals surface area contributed by atoms with Gasteiger partial charge in [0.25, 0.3) is 0 Å². The van der Waals surface area contributed by atoms with Crippen LogP contribution in [0.15, 0.2) is 73.3 Å². The molecule has 0 amide bonds. The van der Waals surface area contributed by atoms with E-state index in [4.69, 9.17) is 5.73 Å². The second kappa shape index (κ2) is 7.80. The molecule has 0 unspecified atom stereocenters. The van der Waals surface area contributed by atoms with E-state index >= 15 is 0 Å². The SMILES string of the molecule is C=C[C@H](C)[C@H](N)CCC(c1ccccc1)c1ccccc1. The zero-order valence-electron chi connectivity index (χ0n) is 12.8. The summed E-state index contributed by atoms with van der Waals surface area (Å²) < 4.78 is 0. The van der Waals surface area contributed by atoms with Crippen molar-refractivity contribution >= 4 is 0 Å². The molecule has 2 N–H and O–H groups in total. The van der Waals surface area contributed by atoms with Crippen molar-refractivity contribution in [3.63, 3.8) is 0 Å². The van der Waals surface area contributed by atoms with Gasteiger partial charge in [-0.25, -0.2) is 0 Å². The second-order valence-electron chi connectivity index (χ2n) is 5.71. The number of nitrogens with two attached hydrogens (primary N) is 1. The maximum atomic E-state index is 6.26. The molecule has 1 nitrogen and oxygen atoms in total. The van der Waals surface area contributed by atoms with Gasteiger partial charge in [0.1, 0.15) is 0 Å². The van der Waals surface area contributed by atoms with Crippen LogP contribution in [-0.2, 0) is 0 Å².